The van der Waals surface area contributed by atoms with Crippen molar-refractivity contribution in [2.45, 2.75) is 6.92 Å². The van der Waals surface area contributed by atoms with E-state index >= 15 is 0 Å². The number of ketones is 1. The molecule has 0 bridgehead atoms. The molecule has 0 spiro atoms. The molecule has 0 atom stereocenters. The fourth-order valence-corrected chi connectivity index (χ4v) is 4.25. The summed E-state index contributed by atoms with van der Waals surface area (Å²) in [6, 6.07) is 13.8. The van der Waals surface area contributed by atoms with Crippen LogP contribution in [0.2, 0.25) is 0 Å². The van der Waals surface area contributed by atoms with E-state index in [0.29, 0.717) is 0 Å². The predicted octanol–water partition coefficient (Wildman–Crippen LogP) is 5.97. The van der Waals surface area contributed by atoms with Crippen LogP contribution in [-0.4, -0.2) is 5.78 Å². The van der Waals surface area contributed by atoms with Gasteiger partial charge in [0.25, 0.3) is 0 Å². The van der Waals surface area contributed by atoms with Crippen LogP contribution in [0.1, 0.15) is 20.8 Å². The molecule has 0 radical (unpaired) electrons. The van der Waals surface area contributed by atoms with Crippen LogP contribution in [0.25, 0.3) is 10.8 Å². The van der Waals surface area contributed by atoms with Gasteiger partial charge in [0.2, 0.25) is 0 Å². The predicted molar refractivity (Wildman–Crippen MR) is 91.8 cm³/mol. The van der Waals surface area contributed by atoms with Crippen LogP contribution in [0.5, 0.6) is 0 Å². The zero-order valence-corrected chi connectivity index (χ0v) is 14.6. The first-order chi connectivity index (χ1) is 9.54. The zero-order valence-electron chi connectivity index (χ0n) is 10.6. The van der Waals surface area contributed by atoms with Crippen molar-refractivity contribution in [3.63, 3.8) is 0 Å². The summed E-state index contributed by atoms with van der Waals surface area (Å²) in [7, 11) is 0. The third-order valence-corrected chi connectivity index (χ3v) is 5.24. The van der Waals surface area contributed by atoms with E-state index in [1.165, 1.54) is 0 Å². The molecular formula is C16H10Br2OS. The molecule has 0 saturated heterocycles. The molecule has 0 aliphatic heterocycles. The molecule has 3 rings (SSSR count). The van der Waals surface area contributed by atoms with E-state index in [1.54, 1.807) is 11.3 Å². The molecule has 2 aromatic carbocycles. The molecule has 0 aliphatic rings. The maximum absolute atomic E-state index is 12.6. The lowest BCUT2D eigenvalue weighted by molar-refractivity contribution is 0.103. The monoisotopic (exact) mass is 408 g/mol. The lowest BCUT2D eigenvalue weighted by atomic mass is 10.0. The number of thiophene rings is 1. The van der Waals surface area contributed by atoms with E-state index in [4.69, 9.17) is 0 Å². The molecule has 0 fully saturated rings. The van der Waals surface area contributed by atoms with E-state index in [9.17, 15) is 4.79 Å². The quantitative estimate of drug-likeness (QED) is 0.476. The Morgan fingerprint density at radius 3 is 2.40 bits per heavy atom. The van der Waals surface area contributed by atoms with E-state index < -0.39 is 0 Å². The first-order valence-corrected chi connectivity index (χ1v) is 8.45. The molecule has 0 amide bonds. The number of carbonyl (C=O) groups is 1. The number of benzene rings is 2. The minimum atomic E-state index is 0.0780. The normalized spacial score (nSPS) is 10.9. The van der Waals surface area contributed by atoms with Gasteiger partial charge < -0.3 is 0 Å². The highest BCUT2D eigenvalue weighted by Crippen LogP contribution is 2.29. The molecule has 20 heavy (non-hydrogen) atoms. The van der Waals surface area contributed by atoms with Gasteiger partial charge in [0.15, 0.2) is 5.78 Å². The molecule has 0 N–H and O–H groups in total. The standard InChI is InChI=1S/C16H10Br2OS/c1-9-14(8-15(18)20-9)16(19)12-3-2-11-7-13(17)5-4-10(11)6-12/h2-8H,1H3. The Labute approximate surface area is 137 Å². The number of halogens is 2. The SMILES string of the molecule is Cc1sc(Br)cc1C(=O)c1ccc2cc(Br)ccc2c1. The minimum Gasteiger partial charge on any atom is -0.289 e. The van der Waals surface area contributed by atoms with Crippen LogP contribution in [0, 0.1) is 6.92 Å². The van der Waals surface area contributed by atoms with Gasteiger partial charge in [-0.15, -0.1) is 11.3 Å². The smallest absolute Gasteiger partial charge is 0.194 e. The van der Waals surface area contributed by atoms with Crippen molar-refractivity contribution in [3.05, 3.63) is 66.7 Å². The molecule has 0 aliphatic carbocycles. The summed E-state index contributed by atoms with van der Waals surface area (Å²) in [6.45, 7) is 1.97. The van der Waals surface area contributed by atoms with Gasteiger partial charge in [-0.05, 0) is 57.9 Å². The second-order valence-electron chi connectivity index (χ2n) is 4.56. The first kappa shape index (κ1) is 14.0. The summed E-state index contributed by atoms with van der Waals surface area (Å²) in [5, 5.41) is 2.20. The Morgan fingerprint density at radius 2 is 1.70 bits per heavy atom. The topological polar surface area (TPSA) is 17.1 Å². The van der Waals surface area contributed by atoms with Crippen molar-refractivity contribution < 1.29 is 4.79 Å². The second-order valence-corrected chi connectivity index (χ2v) is 8.11. The van der Waals surface area contributed by atoms with Gasteiger partial charge >= 0.3 is 0 Å². The summed E-state index contributed by atoms with van der Waals surface area (Å²) in [6.07, 6.45) is 0. The number of aryl methyl sites for hydroxylation is 1. The average molecular weight is 410 g/mol. The second kappa shape index (κ2) is 5.43. The van der Waals surface area contributed by atoms with Crippen molar-refractivity contribution in [2.75, 3.05) is 0 Å². The molecule has 4 heteroatoms. The third kappa shape index (κ3) is 2.60. The maximum Gasteiger partial charge on any atom is 0.194 e. The molecule has 0 unspecified atom stereocenters. The highest BCUT2D eigenvalue weighted by Gasteiger charge is 2.15. The number of hydrogen-bond acceptors (Lipinski definition) is 2. The van der Waals surface area contributed by atoms with Gasteiger partial charge in [-0.2, -0.15) is 0 Å². The molecule has 0 saturated carbocycles. The molecule has 1 heterocycles. The lowest BCUT2D eigenvalue weighted by Gasteiger charge is -2.03. The first-order valence-electron chi connectivity index (χ1n) is 6.04. The van der Waals surface area contributed by atoms with Gasteiger partial charge in [0.1, 0.15) is 0 Å². The zero-order chi connectivity index (χ0) is 14.3. The summed E-state index contributed by atoms with van der Waals surface area (Å²) >= 11 is 8.48. The fraction of sp³-hybridized carbons (Fsp3) is 0.0625. The number of carbonyl (C=O) groups excluding carboxylic acids is 1. The number of fused-ring (bicyclic) bond motifs is 1. The van der Waals surface area contributed by atoms with Crippen LogP contribution >= 0.6 is 43.2 Å². The Morgan fingerprint density at radius 1 is 1.00 bits per heavy atom. The van der Waals surface area contributed by atoms with Crippen LogP contribution in [0.3, 0.4) is 0 Å². The molecule has 1 nitrogen and oxygen atoms in total. The molecule has 1 aromatic heterocycles. The van der Waals surface area contributed by atoms with Crippen molar-refractivity contribution >= 4 is 59.8 Å². The number of rotatable bonds is 2. The highest BCUT2D eigenvalue weighted by molar-refractivity contribution is 9.11. The molecule has 100 valence electrons. The van der Waals surface area contributed by atoms with Gasteiger partial charge in [0.05, 0.1) is 3.79 Å². The maximum atomic E-state index is 12.6. The van der Waals surface area contributed by atoms with Gasteiger partial charge in [0, 0.05) is 20.5 Å². The van der Waals surface area contributed by atoms with Crippen molar-refractivity contribution in [1.82, 2.24) is 0 Å². The summed E-state index contributed by atoms with van der Waals surface area (Å²) in [4.78, 5) is 13.6. The van der Waals surface area contributed by atoms with Crippen molar-refractivity contribution in [2.24, 2.45) is 0 Å². The summed E-state index contributed by atoms with van der Waals surface area (Å²) in [5.41, 5.74) is 1.51. The minimum absolute atomic E-state index is 0.0780. The average Bonchev–Trinajstić information content (AvgIpc) is 2.76. The lowest BCUT2D eigenvalue weighted by Crippen LogP contribution is -2.01. The van der Waals surface area contributed by atoms with Gasteiger partial charge in [-0.1, -0.05) is 34.1 Å². The van der Waals surface area contributed by atoms with Crippen LogP contribution < -0.4 is 0 Å². The fourth-order valence-electron chi connectivity index (χ4n) is 2.18. The Hall–Kier alpha value is -0.970. The summed E-state index contributed by atoms with van der Waals surface area (Å²) in [5.74, 6) is 0.0780. The van der Waals surface area contributed by atoms with Crippen LogP contribution in [-0.2, 0) is 0 Å². The third-order valence-electron chi connectivity index (χ3n) is 3.20. The van der Waals surface area contributed by atoms with E-state index in [2.05, 4.69) is 37.9 Å². The van der Waals surface area contributed by atoms with Crippen molar-refractivity contribution in [3.8, 4) is 0 Å². The Balaban J connectivity index is 2.08. The van der Waals surface area contributed by atoms with Crippen LogP contribution in [0.15, 0.2) is 50.7 Å². The largest absolute Gasteiger partial charge is 0.289 e. The van der Waals surface area contributed by atoms with Crippen molar-refractivity contribution in [1.29, 1.82) is 0 Å². The highest BCUT2D eigenvalue weighted by atomic mass is 79.9. The van der Waals surface area contributed by atoms with Crippen LogP contribution in [0.4, 0.5) is 0 Å². The molecular weight excluding hydrogens is 400 g/mol. The van der Waals surface area contributed by atoms with E-state index in [-0.39, 0.29) is 5.78 Å². The van der Waals surface area contributed by atoms with Gasteiger partial charge in [-0.25, -0.2) is 0 Å². The Kier molecular flexibility index (Phi) is 3.80. The summed E-state index contributed by atoms with van der Waals surface area (Å²) < 4.78 is 2.03. The van der Waals surface area contributed by atoms with E-state index in [0.717, 1.165) is 35.0 Å². The Bertz CT molecular complexity index is 820. The van der Waals surface area contributed by atoms with E-state index in [1.807, 2.05) is 43.3 Å². The van der Waals surface area contributed by atoms with Gasteiger partial charge in [-0.3, -0.25) is 4.79 Å². The number of hydrogen-bond donors (Lipinski definition) is 0. The molecule has 3 aromatic rings.